The summed E-state index contributed by atoms with van der Waals surface area (Å²) in [6, 6.07) is 19.4. The molecule has 1 unspecified atom stereocenters. The molecule has 182 valence electrons. The van der Waals surface area contributed by atoms with Crippen molar-refractivity contribution in [3.63, 3.8) is 0 Å². The molecule has 0 amide bonds. The van der Waals surface area contributed by atoms with Crippen molar-refractivity contribution in [1.82, 2.24) is 0 Å². The van der Waals surface area contributed by atoms with Crippen LogP contribution in [0.4, 0.5) is 5.69 Å². The fraction of sp³-hybridized carbons (Fsp3) is 0.250. The van der Waals surface area contributed by atoms with Crippen LogP contribution in [0.5, 0.6) is 28.7 Å². The van der Waals surface area contributed by atoms with Crippen molar-refractivity contribution in [2.24, 2.45) is 5.10 Å². The lowest BCUT2D eigenvalue weighted by atomic mass is 9.99. The Morgan fingerprint density at radius 3 is 1.91 bits per heavy atom. The molecule has 3 aromatic carbocycles. The summed E-state index contributed by atoms with van der Waals surface area (Å²) >= 11 is 0. The van der Waals surface area contributed by atoms with E-state index in [0.29, 0.717) is 6.42 Å². The lowest BCUT2D eigenvalue weighted by Crippen LogP contribution is -2.19. The summed E-state index contributed by atoms with van der Waals surface area (Å²) in [4.78, 5) is 0. The van der Waals surface area contributed by atoms with Crippen molar-refractivity contribution < 1.29 is 23.7 Å². The number of rotatable bonds is 9. The van der Waals surface area contributed by atoms with Gasteiger partial charge in [-0.3, -0.25) is 5.01 Å². The van der Waals surface area contributed by atoms with Gasteiger partial charge in [-0.1, -0.05) is 0 Å². The zero-order valence-corrected chi connectivity index (χ0v) is 20.6. The molecule has 4 rings (SSSR count). The van der Waals surface area contributed by atoms with Crippen LogP contribution in [0.1, 0.15) is 23.6 Å². The maximum atomic E-state index is 5.71. The zero-order chi connectivity index (χ0) is 24.8. The largest absolute Gasteiger partial charge is 0.497 e. The Balaban J connectivity index is 1.70. The highest BCUT2D eigenvalue weighted by atomic mass is 16.5. The van der Waals surface area contributed by atoms with Crippen LogP contribution >= 0.6 is 0 Å². The molecule has 7 nitrogen and oxygen atoms in total. The molecular formula is C28H30N2O5. The Labute approximate surface area is 206 Å². The second-order valence-electron chi connectivity index (χ2n) is 7.90. The fourth-order valence-corrected chi connectivity index (χ4v) is 4.09. The summed E-state index contributed by atoms with van der Waals surface area (Å²) in [6.07, 6.45) is 4.73. The molecule has 0 saturated heterocycles. The van der Waals surface area contributed by atoms with Gasteiger partial charge < -0.3 is 23.7 Å². The van der Waals surface area contributed by atoms with E-state index in [-0.39, 0.29) is 6.04 Å². The highest BCUT2D eigenvalue weighted by Gasteiger charge is 2.30. The van der Waals surface area contributed by atoms with E-state index in [2.05, 4.69) is 0 Å². The van der Waals surface area contributed by atoms with Crippen molar-refractivity contribution in [2.75, 3.05) is 40.6 Å². The average molecular weight is 475 g/mol. The van der Waals surface area contributed by atoms with Crippen molar-refractivity contribution in [2.45, 2.75) is 12.5 Å². The van der Waals surface area contributed by atoms with Crippen molar-refractivity contribution in [1.29, 1.82) is 0 Å². The third-order valence-corrected chi connectivity index (χ3v) is 5.97. The van der Waals surface area contributed by atoms with Gasteiger partial charge in [0, 0.05) is 29.7 Å². The number of anilines is 1. The van der Waals surface area contributed by atoms with E-state index >= 15 is 0 Å². The highest BCUT2D eigenvalue weighted by Crippen LogP contribution is 2.41. The smallest absolute Gasteiger partial charge is 0.129 e. The molecule has 0 fully saturated rings. The Hall–Kier alpha value is -4.13. The minimum Gasteiger partial charge on any atom is -0.497 e. The third-order valence-electron chi connectivity index (χ3n) is 5.97. The number of benzene rings is 3. The standard InChI is InChI=1S/C28H30N2O5/c1-31-22-12-9-21(10-13-22)30-26(25-15-14-24(33-3)18-28(25)35-5)16-20(29-30)8-6-19-7-11-23(32-2)17-27(19)34-4/h6-15,17-18,26H,16H2,1-5H3. The highest BCUT2D eigenvalue weighted by molar-refractivity contribution is 6.01. The van der Waals surface area contributed by atoms with E-state index in [1.165, 1.54) is 0 Å². The minimum atomic E-state index is -0.0540. The van der Waals surface area contributed by atoms with Crippen molar-refractivity contribution in [3.05, 3.63) is 77.9 Å². The summed E-state index contributed by atoms with van der Waals surface area (Å²) in [5, 5.41) is 6.99. The third kappa shape index (κ3) is 5.19. The summed E-state index contributed by atoms with van der Waals surface area (Å²) in [5.41, 5.74) is 3.86. The van der Waals surface area contributed by atoms with Gasteiger partial charge in [-0.15, -0.1) is 0 Å². The molecular weight excluding hydrogens is 444 g/mol. The van der Waals surface area contributed by atoms with Gasteiger partial charge in [-0.05, 0) is 60.7 Å². The predicted molar refractivity (Wildman–Crippen MR) is 138 cm³/mol. The first-order valence-corrected chi connectivity index (χ1v) is 11.2. The van der Waals surface area contributed by atoms with Gasteiger partial charge in [0.15, 0.2) is 0 Å². The van der Waals surface area contributed by atoms with Crippen molar-refractivity contribution >= 4 is 17.5 Å². The molecule has 0 N–H and O–H groups in total. The first kappa shape index (κ1) is 24.0. The molecule has 1 heterocycles. The van der Waals surface area contributed by atoms with Gasteiger partial charge in [0.05, 0.1) is 53.0 Å². The Bertz CT molecular complexity index is 1220. The van der Waals surface area contributed by atoms with Gasteiger partial charge in [0.2, 0.25) is 0 Å². The number of hydrogen-bond acceptors (Lipinski definition) is 7. The van der Waals surface area contributed by atoms with E-state index in [9.17, 15) is 0 Å². The normalized spacial score (nSPS) is 15.2. The van der Waals surface area contributed by atoms with E-state index in [1.807, 2.05) is 77.8 Å². The number of allylic oxidation sites excluding steroid dienone is 1. The maximum absolute atomic E-state index is 5.71. The van der Waals surface area contributed by atoms with Crippen LogP contribution in [0, 0.1) is 0 Å². The molecule has 3 aromatic rings. The molecule has 1 atom stereocenters. The molecule has 0 aromatic heterocycles. The number of ether oxygens (including phenoxy) is 5. The molecule has 1 aliphatic heterocycles. The van der Waals surface area contributed by atoms with E-state index in [1.54, 1.807) is 35.5 Å². The van der Waals surface area contributed by atoms with Gasteiger partial charge in [0.1, 0.15) is 28.7 Å². The number of nitrogens with zero attached hydrogens (tertiary/aromatic N) is 2. The van der Waals surface area contributed by atoms with Crippen LogP contribution in [0.2, 0.25) is 0 Å². The van der Waals surface area contributed by atoms with Gasteiger partial charge in [-0.25, -0.2) is 0 Å². The topological polar surface area (TPSA) is 61.8 Å². The second-order valence-corrected chi connectivity index (χ2v) is 7.90. The van der Waals surface area contributed by atoms with E-state index in [0.717, 1.165) is 51.3 Å². The summed E-state index contributed by atoms with van der Waals surface area (Å²) < 4.78 is 27.3. The zero-order valence-electron chi connectivity index (χ0n) is 20.6. The van der Waals surface area contributed by atoms with Gasteiger partial charge >= 0.3 is 0 Å². The van der Waals surface area contributed by atoms with E-state index in [4.69, 9.17) is 28.8 Å². The molecule has 0 spiro atoms. The number of hydrazone groups is 1. The molecule has 0 radical (unpaired) electrons. The molecule has 0 bridgehead atoms. The second kappa shape index (κ2) is 10.9. The fourth-order valence-electron chi connectivity index (χ4n) is 4.09. The first-order chi connectivity index (χ1) is 17.1. The summed E-state index contributed by atoms with van der Waals surface area (Å²) in [5.74, 6) is 3.77. The average Bonchev–Trinajstić information content (AvgIpc) is 3.35. The summed E-state index contributed by atoms with van der Waals surface area (Å²) in [6.45, 7) is 0. The molecule has 1 aliphatic rings. The predicted octanol–water partition coefficient (Wildman–Crippen LogP) is 5.75. The molecule has 0 saturated carbocycles. The Kier molecular flexibility index (Phi) is 7.45. The van der Waals surface area contributed by atoms with Crippen LogP contribution in [0.15, 0.2) is 71.8 Å². The van der Waals surface area contributed by atoms with Gasteiger partial charge in [-0.2, -0.15) is 5.10 Å². The molecule has 7 heteroatoms. The van der Waals surface area contributed by atoms with Crippen LogP contribution in [-0.4, -0.2) is 41.3 Å². The monoisotopic (exact) mass is 474 g/mol. The lowest BCUT2D eigenvalue weighted by Gasteiger charge is -2.25. The lowest BCUT2D eigenvalue weighted by molar-refractivity contribution is 0.388. The molecule has 35 heavy (non-hydrogen) atoms. The summed E-state index contributed by atoms with van der Waals surface area (Å²) in [7, 11) is 8.26. The van der Waals surface area contributed by atoms with Crippen molar-refractivity contribution in [3.8, 4) is 28.7 Å². The SMILES string of the molecule is COc1ccc(N2N=C(C=Cc3ccc(OC)cc3OC)CC2c2ccc(OC)cc2OC)cc1. The Morgan fingerprint density at radius 1 is 0.686 bits per heavy atom. The van der Waals surface area contributed by atoms with Crippen LogP contribution in [0.25, 0.3) is 6.08 Å². The van der Waals surface area contributed by atoms with E-state index < -0.39 is 0 Å². The van der Waals surface area contributed by atoms with Gasteiger partial charge in [0.25, 0.3) is 0 Å². The van der Waals surface area contributed by atoms with Crippen LogP contribution in [0.3, 0.4) is 0 Å². The Morgan fingerprint density at radius 2 is 1.29 bits per heavy atom. The number of hydrogen-bond donors (Lipinski definition) is 0. The minimum absolute atomic E-state index is 0.0540. The van der Waals surface area contributed by atoms with Crippen LogP contribution < -0.4 is 28.7 Å². The molecule has 0 aliphatic carbocycles. The quantitative estimate of drug-likeness (QED) is 0.394. The van der Waals surface area contributed by atoms with Crippen LogP contribution in [-0.2, 0) is 0 Å². The first-order valence-electron chi connectivity index (χ1n) is 11.2. The number of methoxy groups -OCH3 is 5. The maximum Gasteiger partial charge on any atom is 0.129 e.